The predicted octanol–water partition coefficient (Wildman–Crippen LogP) is 5.05. The van der Waals surface area contributed by atoms with Crippen molar-refractivity contribution in [3.63, 3.8) is 0 Å². The quantitative estimate of drug-likeness (QED) is 0.178. The fourth-order valence-corrected chi connectivity index (χ4v) is 3.85. The number of hydrogen-bond donors (Lipinski definition) is 1. The second-order valence-corrected chi connectivity index (χ2v) is 7.30. The van der Waals surface area contributed by atoms with Crippen LogP contribution in [-0.4, -0.2) is 23.4 Å². The molecule has 1 amide bonds. The van der Waals surface area contributed by atoms with E-state index in [9.17, 15) is 25.0 Å². The van der Waals surface area contributed by atoms with Crippen LogP contribution >= 0.6 is 11.3 Å². The van der Waals surface area contributed by atoms with Gasteiger partial charge in [0.2, 0.25) is 0 Å². The van der Waals surface area contributed by atoms with E-state index in [1.165, 1.54) is 24.3 Å². The highest BCUT2D eigenvalue weighted by atomic mass is 32.1. The number of ether oxygens (including phenoxy) is 1. The molecule has 0 saturated carbocycles. The number of benzene rings is 2. The lowest BCUT2D eigenvalue weighted by molar-refractivity contribution is -0.384. The lowest BCUT2D eigenvalue weighted by Gasteiger charge is -2.08. The van der Waals surface area contributed by atoms with Gasteiger partial charge in [0.15, 0.2) is 0 Å². The van der Waals surface area contributed by atoms with Crippen molar-refractivity contribution in [3.05, 3.63) is 86.8 Å². The number of rotatable bonds is 7. The van der Waals surface area contributed by atoms with E-state index >= 15 is 0 Å². The van der Waals surface area contributed by atoms with E-state index in [4.69, 9.17) is 4.74 Å². The summed E-state index contributed by atoms with van der Waals surface area (Å²) in [5.74, 6) is -1.34. The Kier molecular flexibility index (Phi) is 7.10. The van der Waals surface area contributed by atoms with E-state index in [2.05, 4.69) is 5.32 Å². The van der Waals surface area contributed by atoms with Crippen LogP contribution in [0.3, 0.4) is 0 Å². The van der Waals surface area contributed by atoms with E-state index < -0.39 is 16.8 Å². The normalized spacial score (nSPS) is 10.8. The molecule has 0 saturated heterocycles. The minimum atomic E-state index is -0.744. The van der Waals surface area contributed by atoms with Crippen LogP contribution in [0.2, 0.25) is 0 Å². The van der Waals surface area contributed by atoms with Gasteiger partial charge in [-0.05, 0) is 24.1 Å². The van der Waals surface area contributed by atoms with Crippen molar-refractivity contribution >= 4 is 40.0 Å². The van der Waals surface area contributed by atoms with Gasteiger partial charge in [0.1, 0.15) is 22.2 Å². The molecule has 32 heavy (non-hydrogen) atoms. The molecule has 1 N–H and O–H groups in total. The van der Waals surface area contributed by atoms with Crippen LogP contribution in [0.4, 0.5) is 10.7 Å². The van der Waals surface area contributed by atoms with Crippen LogP contribution in [0.15, 0.2) is 65.6 Å². The van der Waals surface area contributed by atoms with Crippen LogP contribution in [0.25, 0.3) is 17.2 Å². The number of anilines is 1. The minimum absolute atomic E-state index is 0.159. The van der Waals surface area contributed by atoms with E-state index in [-0.39, 0.29) is 28.4 Å². The Labute approximate surface area is 187 Å². The molecule has 0 aliphatic carbocycles. The number of nitro groups is 1. The third-order valence-corrected chi connectivity index (χ3v) is 5.23. The third kappa shape index (κ3) is 5.06. The predicted molar refractivity (Wildman–Crippen MR) is 121 cm³/mol. The van der Waals surface area contributed by atoms with E-state index in [1.807, 2.05) is 30.3 Å². The zero-order valence-corrected chi connectivity index (χ0v) is 17.7. The van der Waals surface area contributed by atoms with Gasteiger partial charge in [-0.25, -0.2) is 4.79 Å². The fourth-order valence-electron chi connectivity index (χ4n) is 2.90. The smallest absolute Gasteiger partial charge is 0.341 e. The van der Waals surface area contributed by atoms with Gasteiger partial charge in [0.25, 0.3) is 11.6 Å². The van der Waals surface area contributed by atoms with Gasteiger partial charge in [-0.15, -0.1) is 11.3 Å². The number of esters is 1. The van der Waals surface area contributed by atoms with Crippen molar-refractivity contribution < 1.29 is 19.2 Å². The number of carbonyl (C=O) groups is 2. The number of nitriles is 1. The summed E-state index contributed by atoms with van der Waals surface area (Å²) < 4.78 is 5.16. The summed E-state index contributed by atoms with van der Waals surface area (Å²) in [6.45, 7) is 1.84. The summed E-state index contributed by atoms with van der Waals surface area (Å²) in [4.78, 5) is 35.8. The van der Waals surface area contributed by atoms with Crippen molar-refractivity contribution in [2.75, 3.05) is 11.9 Å². The average Bonchev–Trinajstić information content (AvgIpc) is 3.21. The molecule has 2 aromatic carbocycles. The number of thiophene rings is 1. The molecule has 160 valence electrons. The number of carbonyl (C=O) groups excluding carboxylic acids is 2. The first-order valence-electron chi connectivity index (χ1n) is 9.46. The Morgan fingerprint density at radius 1 is 1.22 bits per heavy atom. The summed E-state index contributed by atoms with van der Waals surface area (Å²) >= 11 is 1.14. The standard InChI is InChI=1S/C23H17N3O5S/c1-2-31-23(28)20-19(16-8-4-3-5-9-16)14-32-22(20)25-21(27)17(13-24)11-15-7-6-10-18(12-15)26(29)30/h3-12,14H,2H2,1H3,(H,25,27)/b17-11-. The molecule has 0 spiro atoms. The fraction of sp³-hybridized carbons (Fsp3) is 0.0870. The number of nitrogens with one attached hydrogen (secondary N) is 1. The molecule has 9 heteroatoms. The summed E-state index contributed by atoms with van der Waals surface area (Å²) in [5.41, 5.74) is 1.48. The molecule has 0 atom stereocenters. The molecule has 8 nitrogen and oxygen atoms in total. The molecule has 1 heterocycles. The maximum absolute atomic E-state index is 12.8. The summed E-state index contributed by atoms with van der Waals surface area (Å²) in [6.07, 6.45) is 1.25. The van der Waals surface area contributed by atoms with Crippen LogP contribution in [0.1, 0.15) is 22.8 Å². The van der Waals surface area contributed by atoms with E-state index in [0.717, 1.165) is 16.9 Å². The zero-order valence-electron chi connectivity index (χ0n) is 16.9. The summed E-state index contributed by atoms with van der Waals surface area (Å²) in [7, 11) is 0. The first kappa shape index (κ1) is 22.4. The van der Waals surface area contributed by atoms with E-state index in [1.54, 1.807) is 24.4 Å². The molecule has 0 aliphatic heterocycles. The molecule has 0 aliphatic rings. The maximum atomic E-state index is 12.8. The summed E-state index contributed by atoms with van der Waals surface area (Å²) in [6, 6.07) is 16.5. The molecule has 1 aromatic heterocycles. The first-order valence-corrected chi connectivity index (χ1v) is 10.3. The number of hydrogen-bond acceptors (Lipinski definition) is 7. The average molecular weight is 447 g/mol. The molecule has 0 fully saturated rings. The Bertz CT molecular complexity index is 1240. The highest BCUT2D eigenvalue weighted by Crippen LogP contribution is 2.36. The Morgan fingerprint density at radius 3 is 2.62 bits per heavy atom. The Morgan fingerprint density at radius 2 is 1.97 bits per heavy atom. The highest BCUT2D eigenvalue weighted by molar-refractivity contribution is 7.15. The maximum Gasteiger partial charge on any atom is 0.341 e. The topological polar surface area (TPSA) is 122 Å². The van der Waals surface area contributed by atoms with Crippen LogP contribution in [-0.2, 0) is 9.53 Å². The van der Waals surface area contributed by atoms with Crippen molar-refractivity contribution in [2.24, 2.45) is 0 Å². The van der Waals surface area contributed by atoms with Crippen LogP contribution in [0.5, 0.6) is 0 Å². The van der Waals surface area contributed by atoms with Gasteiger partial charge >= 0.3 is 5.97 Å². The number of nitro benzene ring substituents is 1. The van der Waals surface area contributed by atoms with Gasteiger partial charge in [0, 0.05) is 23.1 Å². The number of amides is 1. The molecular formula is C23H17N3O5S. The van der Waals surface area contributed by atoms with E-state index in [0.29, 0.717) is 11.1 Å². The Hall–Kier alpha value is -4.29. The Balaban J connectivity index is 1.95. The second kappa shape index (κ2) is 10.1. The van der Waals surface area contributed by atoms with Crippen molar-refractivity contribution in [1.82, 2.24) is 0 Å². The van der Waals surface area contributed by atoms with Crippen molar-refractivity contribution in [2.45, 2.75) is 6.92 Å². The van der Waals surface area contributed by atoms with Crippen LogP contribution < -0.4 is 5.32 Å². The molecular weight excluding hydrogens is 430 g/mol. The third-order valence-electron chi connectivity index (χ3n) is 4.34. The highest BCUT2D eigenvalue weighted by Gasteiger charge is 2.23. The SMILES string of the molecule is CCOC(=O)c1c(-c2ccccc2)csc1NC(=O)/C(C#N)=C\c1cccc([N+](=O)[O-])c1. The lowest BCUT2D eigenvalue weighted by atomic mass is 10.0. The number of non-ortho nitro benzene ring substituents is 1. The molecule has 0 unspecified atom stereocenters. The second-order valence-electron chi connectivity index (χ2n) is 6.42. The molecule has 3 aromatic rings. The van der Waals surface area contributed by atoms with Gasteiger partial charge in [-0.3, -0.25) is 14.9 Å². The van der Waals surface area contributed by atoms with Gasteiger partial charge < -0.3 is 10.1 Å². The van der Waals surface area contributed by atoms with Gasteiger partial charge in [-0.1, -0.05) is 42.5 Å². The minimum Gasteiger partial charge on any atom is -0.462 e. The van der Waals surface area contributed by atoms with Crippen molar-refractivity contribution in [1.29, 1.82) is 5.26 Å². The molecule has 0 radical (unpaired) electrons. The zero-order chi connectivity index (χ0) is 23.1. The number of nitrogens with zero attached hydrogens (tertiary/aromatic N) is 2. The first-order chi connectivity index (χ1) is 15.4. The monoisotopic (exact) mass is 447 g/mol. The van der Waals surface area contributed by atoms with Gasteiger partial charge in [0.05, 0.1) is 11.5 Å². The summed E-state index contributed by atoms with van der Waals surface area (Å²) in [5, 5.41) is 25.0. The largest absolute Gasteiger partial charge is 0.462 e. The van der Waals surface area contributed by atoms with Gasteiger partial charge in [-0.2, -0.15) is 5.26 Å². The lowest BCUT2D eigenvalue weighted by Crippen LogP contribution is -2.16. The molecule has 0 bridgehead atoms. The van der Waals surface area contributed by atoms with Crippen LogP contribution in [0, 0.1) is 21.4 Å². The molecule has 3 rings (SSSR count). The van der Waals surface area contributed by atoms with Crippen molar-refractivity contribution in [3.8, 4) is 17.2 Å².